The molecule has 2 N–H and O–H groups in total. The van der Waals surface area contributed by atoms with E-state index in [2.05, 4.69) is 0 Å². The lowest BCUT2D eigenvalue weighted by atomic mass is 9.98. The Labute approximate surface area is 117 Å². The molecular formula is C16H16FNO2. The van der Waals surface area contributed by atoms with Gasteiger partial charge in [0.2, 0.25) is 0 Å². The summed E-state index contributed by atoms with van der Waals surface area (Å²) in [5.74, 6) is -0.564. The molecule has 0 aliphatic rings. The van der Waals surface area contributed by atoms with E-state index < -0.39 is 11.6 Å². The first-order chi connectivity index (χ1) is 9.43. The lowest BCUT2D eigenvalue weighted by molar-refractivity contribution is 0.103. The van der Waals surface area contributed by atoms with E-state index >= 15 is 0 Å². The molecule has 2 rings (SSSR count). The number of methoxy groups -OCH3 is 1. The van der Waals surface area contributed by atoms with Crippen LogP contribution in [0.5, 0.6) is 5.75 Å². The fourth-order valence-electron chi connectivity index (χ4n) is 2.11. The van der Waals surface area contributed by atoms with Crippen molar-refractivity contribution in [3.8, 4) is 5.75 Å². The summed E-state index contributed by atoms with van der Waals surface area (Å²) in [6, 6.07) is 8.06. The molecule has 0 saturated carbocycles. The molecule has 2 aromatic rings. The lowest BCUT2D eigenvalue weighted by Gasteiger charge is -2.11. The highest BCUT2D eigenvalue weighted by Gasteiger charge is 2.20. The SMILES string of the molecule is COc1ccc(C)cc1C(=O)c1cc(N)cc(C)c1F. The first-order valence-corrected chi connectivity index (χ1v) is 6.19. The molecule has 0 aliphatic heterocycles. The Kier molecular flexibility index (Phi) is 3.74. The maximum atomic E-state index is 14.1. The van der Waals surface area contributed by atoms with E-state index in [9.17, 15) is 9.18 Å². The molecule has 0 heterocycles. The second kappa shape index (κ2) is 5.33. The van der Waals surface area contributed by atoms with Crippen LogP contribution in [0, 0.1) is 19.7 Å². The van der Waals surface area contributed by atoms with E-state index in [0.29, 0.717) is 22.6 Å². The van der Waals surface area contributed by atoms with Gasteiger partial charge in [-0.1, -0.05) is 11.6 Å². The number of halogens is 1. The molecule has 0 bridgehead atoms. The maximum absolute atomic E-state index is 14.1. The van der Waals surface area contributed by atoms with Gasteiger partial charge in [0.1, 0.15) is 11.6 Å². The standard InChI is InChI=1S/C16H16FNO2/c1-9-4-5-14(20-3)12(6-9)16(19)13-8-11(18)7-10(2)15(13)17/h4-8H,18H2,1-3H3. The summed E-state index contributed by atoms with van der Waals surface area (Å²) in [6.07, 6.45) is 0. The predicted octanol–water partition coefficient (Wildman–Crippen LogP) is 3.26. The zero-order valence-electron chi connectivity index (χ0n) is 11.7. The minimum absolute atomic E-state index is 0.0357. The van der Waals surface area contributed by atoms with Crippen molar-refractivity contribution in [2.75, 3.05) is 12.8 Å². The Hall–Kier alpha value is -2.36. The molecule has 2 aromatic carbocycles. The van der Waals surface area contributed by atoms with Gasteiger partial charge in [-0.05, 0) is 43.7 Å². The van der Waals surface area contributed by atoms with Gasteiger partial charge in [-0.15, -0.1) is 0 Å². The van der Waals surface area contributed by atoms with Crippen LogP contribution in [0.1, 0.15) is 27.0 Å². The first kappa shape index (κ1) is 14.1. The van der Waals surface area contributed by atoms with Crippen molar-refractivity contribution in [2.24, 2.45) is 0 Å². The van der Waals surface area contributed by atoms with Crippen LogP contribution in [0.4, 0.5) is 10.1 Å². The molecule has 4 heteroatoms. The second-order valence-corrected chi connectivity index (χ2v) is 4.73. The molecule has 0 saturated heterocycles. The molecule has 0 aliphatic carbocycles. The summed E-state index contributed by atoms with van der Waals surface area (Å²) in [5.41, 5.74) is 7.59. The molecule has 0 unspecified atom stereocenters. The molecule has 104 valence electrons. The summed E-state index contributed by atoms with van der Waals surface area (Å²) >= 11 is 0. The van der Waals surface area contributed by atoms with Crippen molar-refractivity contribution in [1.82, 2.24) is 0 Å². The number of ketones is 1. The van der Waals surface area contributed by atoms with E-state index in [1.165, 1.54) is 19.2 Å². The fourth-order valence-corrected chi connectivity index (χ4v) is 2.11. The summed E-state index contributed by atoms with van der Waals surface area (Å²) in [5, 5.41) is 0. The van der Waals surface area contributed by atoms with Crippen molar-refractivity contribution < 1.29 is 13.9 Å². The van der Waals surface area contributed by atoms with Crippen molar-refractivity contribution in [3.63, 3.8) is 0 Å². The van der Waals surface area contributed by atoms with Gasteiger partial charge in [-0.3, -0.25) is 4.79 Å². The van der Waals surface area contributed by atoms with Gasteiger partial charge >= 0.3 is 0 Å². The number of ether oxygens (including phenoxy) is 1. The van der Waals surface area contributed by atoms with E-state index in [1.807, 2.05) is 13.0 Å². The number of rotatable bonds is 3. The lowest BCUT2D eigenvalue weighted by Crippen LogP contribution is -2.09. The molecule has 0 radical (unpaired) electrons. The van der Waals surface area contributed by atoms with Crippen molar-refractivity contribution in [1.29, 1.82) is 0 Å². The summed E-state index contributed by atoms with van der Waals surface area (Å²) in [4.78, 5) is 12.5. The quantitative estimate of drug-likeness (QED) is 0.689. The normalized spacial score (nSPS) is 10.4. The molecule has 3 nitrogen and oxygen atoms in total. The molecule has 20 heavy (non-hydrogen) atoms. The van der Waals surface area contributed by atoms with Crippen LogP contribution >= 0.6 is 0 Å². The smallest absolute Gasteiger partial charge is 0.199 e. The Morgan fingerprint density at radius 1 is 1.15 bits per heavy atom. The number of benzene rings is 2. The van der Waals surface area contributed by atoms with Gasteiger partial charge in [0.05, 0.1) is 18.2 Å². The van der Waals surface area contributed by atoms with Crippen LogP contribution in [0.25, 0.3) is 0 Å². The van der Waals surface area contributed by atoms with Crippen molar-refractivity contribution in [2.45, 2.75) is 13.8 Å². The highest BCUT2D eigenvalue weighted by atomic mass is 19.1. The van der Waals surface area contributed by atoms with Crippen LogP contribution in [0.2, 0.25) is 0 Å². The predicted molar refractivity (Wildman–Crippen MR) is 76.7 cm³/mol. The number of hydrogen-bond acceptors (Lipinski definition) is 3. The van der Waals surface area contributed by atoms with Gasteiger partial charge in [0, 0.05) is 5.69 Å². The Balaban J connectivity index is 2.60. The third-order valence-electron chi connectivity index (χ3n) is 3.12. The molecule has 0 fully saturated rings. The number of aryl methyl sites for hydroxylation is 2. The van der Waals surface area contributed by atoms with E-state index in [4.69, 9.17) is 10.5 Å². The minimum atomic E-state index is -0.548. The fraction of sp³-hybridized carbons (Fsp3) is 0.188. The van der Waals surface area contributed by atoms with E-state index in [0.717, 1.165) is 5.56 Å². The summed E-state index contributed by atoms with van der Waals surface area (Å²) in [6.45, 7) is 3.44. The number of nitrogens with two attached hydrogens (primary N) is 1. The first-order valence-electron chi connectivity index (χ1n) is 6.19. The molecule has 0 amide bonds. The second-order valence-electron chi connectivity index (χ2n) is 4.73. The van der Waals surface area contributed by atoms with Crippen LogP contribution < -0.4 is 10.5 Å². The average Bonchev–Trinajstić information content (AvgIpc) is 2.42. The van der Waals surface area contributed by atoms with Gasteiger partial charge in [-0.2, -0.15) is 0 Å². The number of carbonyl (C=O) groups excluding carboxylic acids is 1. The Bertz CT molecular complexity index is 680. The number of anilines is 1. The average molecular weight is 273 g/mol. The van der Waals surface area contributed by atoms with Crippen LogP contribution in [-0.4, -0.2) is 12.9 Å². The van der Waals surface area contributed by atoms with Gasteiger partial charge in [-0.25, -0.2) is 4.39 Å². The molecule has 0 aromatic heterocycles. The van der Waals surface area contributed by atoms with Crippen molar-refractivity contribution in [3.05, 3.63) is 58.4 Å². The van der Waals surface area contributed by atoms with E-state index in [-0.39, 0.29) is 5.56 Å². The third kappa shape index (κ3) is 2.50. The van der Waals surface area contributed by atoms with Crippen LogP contribution in [-0.2, 0) is 0 Å². The number of hydrogen-bond donors (Lipinski definition) is 1. The van der Waals surface area contributed by atoms with Gasteiger partial charge in [0.15, 0.2) is 5.78 Å². The Morgan fingerprint density at radius 2 is 1.85 bits per heavy atom. The summed E-state index contributed by atoms with van der Waals surface area (Å²) < 4.78 is 19.3. The van der Waals surface area contributed by atoms with Gasteiger partial charge < -0.3 is 10.5 Å². The third-order valence-corrected chi connectivity index (χ3v) is 3.12. The van der Waals surface area contributed by atoms with Crippen LogP contribution in [0.15, 0.2) is 30.3 Å². The number of carbonyl (C=O) groups is 1. The highest BCUT2D eigenvalue weighted by molar-refractivity contribution is 6.11. The maximum Gasteiger partial charge on any atom is 0.199 e. The zero-order valence-corrected chi connectivity index (χ0v) is 11.7. The topological polar surface area (TPSA) is 52.3 Å². The molecule has 0 spiro atoms. The minimum Gasteiger partial charge on any atom is -0.496 e. The summed E-state index contributed by atoms with van der Waals surface area (Å²) in [7, 11) is 1.47. The monoisotopic (exact) mass is 273 g/mol. The van der Waals surface area contributed by atoms with E-state index in [1.54, 1.807) is 19.1 Å². The highest BCUT2D eigenvalue weighted by Crippen LogP contribution is 2.26. The van der Waals surface area contributed by atoms with Crippen molar-refractivity contribution >= 4 is 11.5 Å². The zero-order chi connectivity index (χ0) is 14.9. The van der Waals surface area contributed by atoms with Crippen LogP contribution in [0.3, 0.4) is 0 Å². The Morgan fingerprint density at radius 3 is 2.50 bits per heavy atom. The molecular weight excluding hydrogens is 257 g/mol. The molecule has 0 atom stereocenters. The van der Waals surface area contributed by atoms with Gasteiger partial charge in [0.25, 0.3) is 0 Å². The largest absolute Gasteiger partial charge is 0.496 e. The number of nitrogen functional groups attached to an aromatic ring is 1.